The zero-order valence-corrected chi connectivity index (χ0v) is 20.9. The van der Waals surface area contributed by atoms with Crippen LogP contribution in [-0.4, -0.2) is 57.9 Å². The summed E-state index contributed by atoms with van der Waals surface area (Å²) < 4.78 is 13.1. The number of carbonyl (C=O) groups is 2. The third-order valence-corrected chi connectivity index (χ3v) is 5.46. The van der Waals surface area contributed by atoms with E-state index in [9.17, 15) is 9.59 Å². The summed E-state index contributed by atoms with van der Waals surface area (Å²) in [5.74, 6) is -0.317. The molecule has 1 saturated heterocycles. The Hall–Kier alpha value is -2.70. The molecule has 176 valence electrons. The van der Waals surface area contributed by atoms with Gasteiger partial charge in [0.25, 0.3) is 0 Å². The van der Waals surface area contributed by atoms with Gasteiger partial charge in [0.05, 0.1) is 16.6 Å². The highest BCUT2D eigenvalue weighted by Gasteiger charge is 2.37. The molecule has 0 N–H and O–H groups in total. The lowest BCUT2D eigenvalue weighted by atomic mass is 9.97. The lowest BCUT2D eigenvalue weighted by molar-refractivity contribution is 0.00706. The van der Waals surface area contributed by atoms with Crippen molar-refractivity contribution in [2.24, 2.45) is 7.05 Å². The van der Waals surface area contributed by atoms with E-state index in [4.69, 9.17) is 9.47 Å². The summed E-state index contributed by atoms with van der Waals surface area (Å²) in [6.45, 7) is 17.4. The van der Waals surface area contributed by atoms with Crippen LogP contribution in [-0.2, 0) is 16.5 Å². The fraction of sp³-hybridized carbons (Fsp3) is 0.600. The zero-order valence-electron chi connectivity index (χ0n) is 20.9. The lowest BCUT2D eigenvalue weighted by Gasteiger charge is -2.48. The maximum Gasteiger partial charge on any atom is 0.410 e. The molecule has 1 aliphatic heterocycles. The van der Waals surface area contributed by atoms with Gasteiger partial charge in [0.1, 0.15) is 11.2 Å². The van der Waals surface area contributed by atoms with E-state index in [1.165, 1.54) is 0 Å². The number of fused-ring (bicyclic) bond motifs is 1. The molecule has 0 spiro atoms. The van der Waals surface area contributed by atoms with Gasteiger partial charge >= 0.3 is 12.1 Å². The minimum atomic E-state index is -0.545. The van der Waals surface area contributed by atoms with E-state index in [0.29, 0.717) is 25.2 Å². The number of aromatic nitrogens is 1. The van der Waals surface area contributed by atoms with Crippen LogP contribution in [0.3, 0.4) is 0 Å². The molecule has 0 radical (unpaired) electrons. The molecule has 3 rings (SSSR count). The van der Waals surface area contributed by atoms with Gasteiger partial charge < -0.3 is 23.8 Å². The number of rotatable bonds is 2. The van der Waals surface area contributed by atoms with Gasteiger partial charge in [-0.15, -0.1) is 0 Å². The Balaban J connectivity index is 1.85. The highest BCUT2D eigenvalue weighted by Crippen LogP contribution is 2.33. The van der Waals surface area contributed by atoms with Gasteiger partial charge in [-0.05, 0) is 73.6 Å². The Morgan fingerprint density at radius 3 is 2.16 bits per heavy atom. The predicted octanol–water partition coefficient (Wildman–Crippen LogP) is 4.97. The van der Waals surface area contributed by atoms with Crippen LogP contribution in [0.4, 0.5) is 10.5 Å². The van der Waals surface area contributed by atoms with Crippen molar-refractivity contribution < 1.29 is 19.1 Å². The topological polar surface area (TPSA) is 64.0 Å². The molecule has 0 atom stereocenters. The van der Waals surface area contributed by atoms with Gasteiger partial charge in [-0.25, -0.2) is 9.59 Å². The number of piperazine rings is 1. The Bertz CT molecular complexity index is 1020. The molecule has 0 saturated carbocycles. The fourth-order valence-corrected chi connectivity index (χ4v) is 4.15. The Kier molecular flexibility index (Phi) is 6.00. The first-order valence-corrected chi connectivity index (χ1v) is 11.2. The van der Waals surface area contributed by atoms with Crippen molar-refractivity contribution in [2.75, 3.05) is 24.5 Å². The molecule has 32 heavy (non-hydrogen) atoms. The Labute approximate surface area is 191 Å². The number of nitrogens with zero attached hydrogens (tertiary/aromatic N) is 3. The molecule has 1 aromatic carbocycles. The number of aryl methyl sites for hydroxylation is 1. The third kappa shape index (κ3) is 5.19. The lowest BCUT2D eigenvalue weighted by Crippen LogP contribution is -2.61. The van der Waals surface area contributed by atoms with Crippen LogP contribution in [0.25, 0.3) is 10.9 Å². The first kappa shape index (κ1) is 24.0. The smallest absolute Gasteiger partial charge is 0.410 e. The second kappa shape index (κ2) is 8.01. The average molecular weight is 444 g/mol. The second-order valence-electron chi connectivity index (χ2n) is 11.2. The fourth-order valence-electron chi connectivity index (χ4n) is 4.15. The van der Waals surface area contributed by atoms with Crippen LogP contribution >= 0.6 is 0 Å². The van der Waals surface area contributed by atoms with E-state index in [2.05, 4.69) is 24.8 Å². The van der Waals surface area contributed by atoms with Gasteiger partial charge in [0, 0.05) is 44.0 Å². The molecule has 0 unspecified atom stereocenters. The van der Waals surface area contributed by atoms with Crippen molar-refractivity contribution >= 4 is 28.7 Å². The van der Waals surface area contributed by atoms with Crippen molar-refractivity contribution in [1.82, 2.24) is 9.47 Å². The van der Waals surface area contributed by atoms with Crippen molar-refractivity contribution in [3.63, 3.8) is 0 Å². The van der Waals surface area contributed by atoms with Crippen LogP contribution in [0, 0.1) is 0 Å². The summed E-state index contributed by atoms with van der Waals surface area (Å²) in [5.41, 5.74) is 1.26. The first-order valence-electron chi connectivity index (χ1n) is 11.2. The Morgan fingerprint density at radius 2 is 1.59 bits per heavy atom. The minimum Gasteiger partial charge on any atom is -0.456 e. The Morgan fingerprint density at radius 1 is 0.969 bits per heavy atom. The van der Waals surface area contributed by atoms with E-state index in [0.717, 1.165) is 16.6 Å². The van der Waals surface area contributed by atoms with E-state index < -0.39 is 11.2 Å². The molecule has 7 nitrogen and oxygen atoms in total. The summed E-state index contributed by atoms with van der Waals surface area (Å²) >= 11 is 0. The molecule has 2 heterocycles. The third-order valence-electron chi connectivity index (χ3n) is 5.46. The van der Waals surface area contributed by atoms with Gasteiger partial charge in [-0.1, -0.05) is 0 Å². The number of esters is 1. The quantitative estimate of drug-likeness (QED) is 0.613. The summed E-state index contributed by atoms with van der Waals surface area (Å²) in [4.78, 5) is 29.3. The molecular weight excluding hydrogens is 406 g/mol. The molecule has 1 aliphatic rings. The summed E-state index contributed by atoms with van der Waals surface area (Å²) in [5, 5.41) is 0.871. The van der Waals surface area contributed by atoms with Gasteiger partial charge in [-0.2, -0.15) is 0 Å². The van der Waals surface area contributed by atoms with E-state index >= 15 is 0 Å². The summed E-state index contributed by atoms with van der Waals surface area (Å²) in [6.07, 6.45) is 1.55. The molecule has 1 amide bonds. The highest BCUT2D eigenvalue weighted by molar-refractivity contribution is 6.05. The standard InChI is InChI=1S/C25H37N3O4/c1-23(2,3)31-21(29)19-15-26(9)20-14-17(10-11-18(19)20)28-13-12-27(16-25(28,7)8)22(30)32-24(4,5)6/h10-11,14-15H,12-13,16H2,1-9H3. The summed E-state index contributed by atoms with van der Waals surface area (Å²) in [6, 6.07) is 6.13. The predicted molar refractivity (Wildman–Crippen MR) is 127 cm³/mol. The van der Waals surface area contributed by atoms with Crippen molar-refractivity contribution in [3.05, 3.63) is 30.0 Å². The van der Waals surface area contributed by atoms with Gasteiger partial charge in [-0.3, -0.25) is 0 Å². The molecule has 2 aromatic rings. The number of ether oxygens (including phenoxy) is 2. The number of benzene rings is 1. The monoisotopic (exact) mass is 443 g/mol. The number of carbonyl (C=O) groups excluding carboxylic acids is 2. The van der Waals surface area contributed by atoms with Crippen LogP contribution in [0.2, 0.25) is 0 Å². The van der Waals surface area contributed by atoms with E-state index in [1.54, 1.807) is 4.90 Å². The maximum absolute atomic E-state index is 12.7. The van der Waals surface area contributed by atoms with Crippen LogP contribution in [0.15, 0.2) is 24.4 Å². The number of hydrogen-bond donors (Lipinski definition) is 0. The van der Waals surface area contributed by atoms with Crippen molar-refractivity contribution in [3.8, 4) is 0 Å². The molecule has 1 aromatic heterocycles. The highest BCUT2D eigenvalue weighted by atomic mass is 16.6. The molecule has 7 heteroatoms. The average Bonchev–Trinajstić information content (AvgIpc) is 2.94. The van der Waals surface area contributed by atoms with E-state index in [-0.39, 0.29) is 17.6 Å². The molecular formula is C25H37N3O4. The van der Waals surface area contributed by atoms with Crippen molar-refractivity contribution in [2.45, 2.75) is 72.1 Å². The molecule has 0 aliphatic carbocycles. The van der Waals surface area contributed by atoms with Crippen LogP contribution < -0.4 is 4.90 Å². The first-order chi connectivity index (χ1) is 14.6. The molecule has 0 bridgehead atoms. The number of hydrogen-bond acceptors (Lipinski definition) is 5. The largest absolute Gasteiger partial charge is 0.456 e. The van der Waals surface area contributed by atoms with Crippen molar-refractivity contribution in [1.29, 1.82) is 0 Å². The number of anilines is 1. The van der Waals surface area contributed by atoms with Crippen LogP contribution in [0.5, 0.6) is 0 Å². The normalized spacial score (nSPS) is 16.9. The van der Waals surface area contributed by atoms with E-state index in [1.807, 2.05) is 71.5 Å². The van der Waals surface area contributed by atoms with Gasteiger partial charge in [0.15, 0.2) is 0 Å². The maximum atomic E-state index is 12.7. The minimum absolute atomic E-state index is 0.273. The summed E-state index contributed by atoms with van der Waals surface area (Å²) in [7, 11) is 1.94. The zero-order chi connectivity index (χ0) is 24.1. The SMILES string of the molecule is Cn1cc(C(=O)OC(C)(C)C)c2ccc(N3CCN(C(=O)OC(C)(C)C)CC3(C)C)cc21. The molecule has 1 fully saturated rings. The second-order valence-corrected chi connectivity index (χ2v) is 11.2. The van der Waals surface area contributed by atoms with Gasteiger partial charge in [0.2, 0.25) is 0 Å². The van der Waals surface area contributed by atoms with Crippen LogP contribution in [0.1, 0.15) is 65.7 Å². The number of amides is 1.